The minimum Gasteiger partial charge on any atom is -0.346 e. The van der Waals surface area contributed by atoms with Crippen LogP contribution in [-0.2, 0) is 27.4 Å². The van der Waals surface area contributed by atoms with Crippen molar-refractivity contribution in [2.45, 2.75) is 45.8 Å². The van der Waals surface area contributed by atoms with Crippen molar-refractivity contribution in [2.75, 3.05) is 11.0 Å². The first-order chi connectivity index (χ1) is 15.6. The predicted octanol–water partition coefficient (Wildman–Crippen LogP) is 4.98. The molecule has 2 aromatic rings. The summed E-state index contributed by atoms with van der Waals surface area (Å²) in [6.07, 6.45) is -1.88. The van der Waals surface area contributed by atoms with Gasteiger partial charge in [-0.2, -0.15) is 13.2 Å². The van der Waals surface area contributed by atoms with Gasteiger partial charge in [-0.1, -0.05) is 19.4 Å². The topological polar surface area (TPSA) is 88.2 Å². The van der Waals surface area contributed by atoms with Gasteiger partial charge in [0.25, 0.3) is 0 Å². The molecular formula is C22H24F5N3O3S. The number of nitrogens with zero attached hydrogens (tertiary/aromatic N) is 1. The standard InChI is InChI=1S/C22H24F5N3O3S/c1-5-6-18-15(7-8-19(29-18)22(25,26)27)12(2)9-20(31)28-13(3)14-10-16(23)21(17(24)11-14)30-34(4,32)33/h7-11,13,30H,5-6H2,1-4H3,(H,28,31)/b12-9+/t13-/m1/s1. The van der Waals surface area contributed by atoms with Gasteiger partial charge in [0.2, 0.25) is 15.9 Å². The molecule has 0 spiro atoms. The number of carbonyl (C=O) groups excluding carboxylic acids is 1. The van der Waals surface area contributed by atoms with Crippen LogP contribution in [-0.4, -0.2) is 25.6 Å². The summed E-state index contributed by atoms with van der Waals surface area (Å²) < 4.78 is 91.7. The normalized spacial score (nSPS) is 13.5. The highest BCUT2D eigenvalue weighted by molar-refractivity contribution is 7.92. The zero-order chi connectivity index (χ0) is 25.8. The second-order valence-corrected chi connectivity index (χ2v) is 9.48. The second kappa shape index (κ2) is 10.5. The summed E-state index contributed by atoms with van der Waals surface area (Å²) in [6.45, 7) is 4.79. The number of benzene rings is 1. The fourth-order valence-electron chi connectivity index (χ4n) is 3.18. The van der Waals surface area contributed by atoms with E-state index >= 15 is 0 Å². The molecule has 6 nitrogen and oxygen atoms in total. The van der Waals surface area contributed by atoms with E-state index in [0.29, 0.717) is 17.6 Å². The first-order valence-electron chi connectivity index (χ1n) is 10.2. The van der Waals surface area contributed by atoms with Crippen molar-refractivity contribution in [1.29, 1.82) is 0 Å². The quantitative estimate of drug-likeness (QED) is 0.391. The fourth-order valence-corrected chi connectivity index (χ4v) is 3.75. The molecule has 0 aliphatic rings. The van der Waals surface area contributed by atoms with Crippen LogP contribution in [0.15, 0.2) is 30.3 Å². The highest BCUT2D eigenvalue weighted by Gasteiger charge is 2.33. The maximum Gasteiger partial charge on any atom is 0.433 e. The van der Waals surface area contributed by atoms with Gasteiger partial charge < -0.3 is 5.32 Å². The number of aromatic nitrogens is 1. The summed E-state index contributed by atoms with van der Waals surface area (Å²) in [5, 5.41) is 2.52. The van der Waals surface area contributed by atoms with E-state index < -0.39 is 51.2 Å². The van der Waals surface area contributed by atoms with Crippen molar-refractivity contribution in [3.63, 3.8) is 0 Å². The number of allylic oxidation sites excluding steroid dienone is 1. The average Bonchev–Trinajstić information content (AvgIpc) is 2.69. The summed E-state index contributed by atoms with van der Waals surface area (Å²) in [4.78, 5) is 16.2. The van der Waals surface area contributed by atoms with Gasteiger partial charge in [-0.25, -0.2) is 22.2 Å². The molecule has 0 radical (unpaired) electrons. The van der Waals surface area contributed by atoms with E-state index in [4.69, 9.17) is 0 Å². The number of hydrogen-bond donors (Lipinski definition) is 2. The number of rotatable bonds is 8. The van der Waals surface area contributed by atoms with Crippen molar-refractivity contribution in [3.05, 3.63) is 64.5 Å². The Kier molecular flexibility index (Phi) is 8.40. The summed E-state index contributed by atoms with van der Waals surface area (Å²) >= 11 is 0. The van der Waals surface area contributed by atoms with Crippen LogP contribution < -0.4 is 10.0 Å². The predicted molar refractivity (Wildman–Crippen MR) is 118 cm³/mol. The van der Waals surface area contributed by atoms with Crippen LogP contribution in [0.25, 0.3) is 5.57 Å². The SMILES string of the molecule is CCCc1nc(C(F)(F)F)ccc1/C(C)=C/C(=O)N[C@H](C)c1cc(F)c(NS(C)(=O)=O)c(F)c1. The molecule has 2 N–H and O–H groups in total. The summed E-state index contributed by atoms with van der Waals surface area (Å²) in [7, 11) is -3.91. The van der Waals surface area contributed by atoms with Crippen LogP contribution in [0.5, 0.6) is 0 Å². The Morgan fingerprint density at radius 2 is 1.76 bits per heavy atom. The average molecular weight is 506 g/mol. The van der Waals surface area contributed by atoms with Crippen molar-refractivity contribution in [2.24, 2.45) is 0 Å². The second-order valence-electron chi connectivity index (χ2n) is 7.73. The van der Waals surface area contributed by atoms with Gasteiger partial charge in [0.1, 0.15) is 11.4 Å². The number of amides is 1. The van der Waals surface area contributed by atoms with E-state index in [-0.39, 0.29) is 17.7 Å². The Morgan fingerprint density at radius 1 is 1.18 bits per heavy atom. The molecular weight excluding hydrogens is 481 g/mol. The highest BCUT2D eigenvalue weighted by Crippen LogP contribution is 2.30. The van der Waals surface area contributed by atoms with E-state index in [1.54, 1.807) is 18.6 Å². The fraction of sp³-hybridized carbons (Fsp3) is 0.364. The first kappa shape index (κ1) is 27.2. The van der Waals surface area contributed by atoms with Gasteiger partial charge >= 0.3 is 6.18 Å². The largest absolute Gasteiger partial charge is 0.433 e. The van der Waals surface area contributed by atoms with Gasteiger partial charge in [0, 0.05) is 11.8 Å². The van der Waals surface area contributed by atoms with Gasteiger partial charge in [0.15, 0.2) is 11.6 Å². The Labute approximate surface area is 194 Å². The maximum absolute atomic E-state index is 14.2. The number of pyridine rings is 1. The van der Waals surface area contributed by atoms with Crippen LogP contribution in [0.2, 0.25) is 0 Å². The molecule has 0 fully saturated rings. The van der Waals surface area contributed by atoms with Crippen LogP contribution >= 0.6 is 0 Å². The lowest BCUT2D eigenvalue weighted by molar-refractivity contribution is -0.141. The smallest absolute Gasteiger partial charge is 0.346 e. The molecule has 1 atom stereocenters. The third-order valence-electron chi connectivity index (χ3n) is 4.73. The van der Waals surface area contributed by atoms with E-state index in [9.17, 15) is 35.2 Å². The Bertz CT molecular complexity index is 1190. The molecule has 0 saturated heterocycles. The molecule has 1 amide bonds. The molecule has 1 aromatic carbocycles. The highest BCUT2D eigenvalue weighted by atomic mass is 32.2. The monoisotopic (exact) mass is 505 g/mol. The summed E-state index contributed by atoms with van der Waals surface area (Å²) in [5.41, 5.74) is -0.881. The number of nitrogens with one attached hydrogen (secondary N) is 2. The van der Waals surface area contributed by atoms with Gasteiger partial charge in [-0.15, -0.1) is 0 Å². The van der Waals surface area contributed by atoms with Crippen LogP contribution in [0.1, 0.15) is 55.7 Å². The number of anilines is 1. The zero-order valence-corrected chi connectivity index (χ0v) is 19.7. The zero-order valence-electron chi connectivity index (χ0n) is 18.8. The third-order valence-corrected chi connectivity index (χ3v) is 5.31. The molecule has 1 aromatic heterocycles. The van der Waals surface area contributed by atoms with E-state index in [0.717, 1.165) is 30.5 Å². The van der Waals surface area contributed by atoms with E-state index in [2.05, 4.69) is 10.3 Å². The Morgan fingerprint density at radius 3 is 2.26 bits per heavy atom. The first-order valence-corrected chi connectivity index (χ1v) is 12.0. The number of hydrogen-bond acceptors (Lipinski definition) is 4. The number of sulfonamides is 1. The molecule has 2 rings (SSSR count). The molecule has 0 aliphatic heterocycles. The Hall–Kier alpha value is -3.02. The van der Waals surface area contributed by atoms with E-state index in [1.165, 1.54) is 13.0 Å². The van der Waals surface area contributed by atoms with Crippen molar-refractivity contribution < 1.29 is 35.2 Å². The van der Waals surface area contributed by atoms with Gasteiger partial charge in [-0.3, -0.25) is 9.52 Å². The lowest BCUT2D eigenvalue weighted by Crippen LogP contribution is -2.25. The number of carbonyl (C=O) groups is 1. The molecule has 186 valence electrons. The molecule has 0 saturated carbocycles. The summed E-state index contributed by atoms with van der Waals surface area (Å²) in [6, 6.07) is 2.99. The number of halogens is 5. The Balaban J connectivity index is 2.25. The molecule has 0 unspecified atom stereocenters. The molecule has 0 aliphatic carbocycles. The van der Waals surface area contributed by atoms with Crippen LogP contribution in [0.3, 0.4) is 0 Å². The lowest BCUT2D eigenvalue weighted by Gasteiger charge is -2.16. The van der Waals surface area contributed by atoms with Crippen molar-refractivity contribution in [3.8, 4) is 0 Å². The minimum atomic E-state index is -4.59. The summed E-state index contributed by atoms with van der Waals surface area (Å²) in [5.74, 6) is -2.96. The minimum absolute atomic E-state index is 0.0383. The lowest BCUT2D eigenvalue weighted by atomic mass is 10.0. The van der Waals surface area contributed by atoms with Crippen LogP contribution in [0, 0.1) is 11.6 Å². The molecule has 34 heavy (non-hydrogen) atoms. The molecule has 1 heterocycles. The molecule has 0 bridgehead atoms. The van der Waals surface area contributed by atoms with E-state index in [1.807, 2.05) is 0 Å². The van der Waals surface area contributed by atoms with Crippen LogP contribution in [0.4, 0.5) is 27.6 Å². The van der Waals surface area contributed by atoms with Gasteiger partial charge in [0.05, 0.1) is 12.3 Å². The molecule has 12 heteroatoms. The van der Waals surface area contributed by atoms with Crippen molar-refractivity contribution in [1.82, 2.24) is 10.3 Å². The third kappa shape index (κ3) is 7.24. The number of aryl methyl sites for hydroxylation is 1. The number of alkyl halides is 3. The van der Waals surface area contributed by atoms with Gasteiger partial charge in [-0.05, 0) is 55.2 Å². The maximum atomic E-state index is 14.2. The van der Waals surface area contributed by atoms with Crippen molar-refractivity contribution >= 4 is 27.2 Å².